The van der Waals surface area contributed by atoms with Gasteiger partial charge in [-0.15, -0.1) is 0 Å². The van der Waals surface area contributed by atoms with Crippen molar-refractivity contribution in [3.63, 3.8) is 0 Å². The van der Waals surface area contributed by atoms with E-state index in [-0.39, 0.29) is 18.7 Å². The highest BCUT2D eigenvalue weighted by molar-refractivity contribution is 6.31. The maximum absolute atomic E-state index is 13.6. The molecule has 1 aromatic carbocycles. The van der Waals surface area contributed by atoms with E-state index < -0.39 is 5.97 Å². The Hall–Kier alpha value is -1.55. The highest BCUT2D eigenvalue weighted by Crippen LogP contribution is 2.29. The van der Waals surface area contributed by atoms with Crippen LogP contribution >= 0.6 is 11.6 Å². The molecule has 0 spiro atoms. The van der Waals surface area contributed by atoms with Crippen molar-refractivity contribution in [1.82, 2.24) is 4.98 Å². The molecule has 5 heteroatoms. The van der Waals surface area contributed by atoms with Crippen molar-refractivity contribution in [1.29, 1.82) is 0 Å². The molecule has 0 aliphatic heterocycles. The van der Waals surface area contributed by atoms with Gasteiger partial charge in [-0.1, -0.05) is 17.7 Å². The second-order valence-electron chi connectivity index (χ2n) is 3.47. The van der Waals surface area contributed by atoms with Gasteiger partial charge in [-0.2, -0.15) is 0 Å². The normalized spacial score (nSPS) is 10.9. The van der Waals surface area contributed by atoms with Crippen molar-refractivity contribution in [2.45, 2.75) is 12.8 Å². The summed E-state index contributed by atoms with van der Waals surface area (Å²) >= 11 is 5.91. The van der Waals surface area contributed by atoms with Crippen molar-refractivity contribution < 1.29 is 14.3 Å². The zero-order valence-electron chi connectivity index (χ0n) is 8.26. The molecule has 0 aliphatic carbocycles. The summed E-state index contributed by atoms with van der Waals surface area (Å²) in [5, 5.41) is 9.29. The molecule has 1 aromatic heterocycles. The zero-order valence-corrected chi connectivity index (χ0v) is 9.01. The molecule has 2 aromatic rings. The van der Waals surface area contributed by atoms with Gasteiger partial charge in [-0.25, -0.2) is 4.39 Å². The van der Waals surface area contributed by atoms with Gasteiger partial charge in [0.15, 0.2) is 0 Å². The molecule has 0 saturated heterocycles. The van der Waals surface area contributed by atoms with Crippen LogP contribution in [0.15, 0.2) is 18.2 Å². The largest absolute Gasteiger partial charge is 0.481 e. The summed E-state index contributed by atoms with van der Waals surface area (Å²) in [6.45, 7) is 0. The Bertz CT molecular complexity index is 550. The summed E-state index contributed by atoms with van der Waals surface area (Å²) < 4.78 is 13.6. The summed E-state index contributed by atoms with van der Waals surface area (Å²) in [4.78, 5) is 13.3. The Morgan fingerprint density at radius 1 is 1.50 bits per heavy atom. The van der Waals surface area contributed by atoms with Crippen LogP contribution < -0.4 is 0 Å². The molecule has 0 fully saturated rings. The average Bonchev–Trinajstić information content (AvgIpc) is 2.52. The summed E-state index contributed by atoms with van der Waals surface area (Å²) in [6, 6.07) is 4.61. The molecule has 1 heterocycles. The van der Waals surface area contributed by atoms with Crippen LogP contribution in [0.1, 0.15) is 12.0 Å². The molecule has 2 rings (SSSR count). The second kappa shape index (κ2) is 4.14. The number of aromatic amines is 1. The van der Waals surface area contributed by atoms with Crippen LogP contribution in [-0.2, 0) is 11.2 Å². The minimum atomic E-state index is -0.929. The fraction of sp³-hybridized carbons (Fsp3) is 0.182. The number of benzene rings is 1. The summed E-state index contributed by atoms with van der Waals surface area (Å²) in [6.07, 6.45) is 0.149. The number of hydrogen-bond donors (Lipinski definition) is 2. The van der Waals surface area contributed by atoms with Crippen LogP contribution in [0.25, 0.3) is 10.9 Å². The molecule has 3 nitrogen and oxygen atoms in total. The van der Waals surface area contributed by atoms with E-state index in [4.69, 9.17) is 16.7 Å². The van der Waals surface area contributed by atoms with Gasteiger partial charge < -0.3 is 10.1 Å². The molecule has 0 amide bonds. The monoisotopic (exact) mass is 241 g/mol. The van der Waals surface area contributed by atoms with E-state index in [2.05, 4.69) is 4.98 Å². The Morgan fingerprint density at radius 2 is 2.25 bits per heavy atom. The molecule has 0 atom stereocenters. The van der Waals surface area contributed by atoms with Crippen LogP contribution in [0, 0.1) is 5.82 Å². The Balaban J connectivity index is 2.50. The maximum atomic E-state index is 13.6. The number of nitrogens with one attached hydrogen (secondary N) is 1. The lowest BCUT2D eigenvalue weighted by atomic mass is 10.1. The van der Waals surface area contributed by atoms with Crippen LogP contribution in [0.3, 0.4) is 0 Å². The van der Waals surface area contributed by atoms with Crippen LogP contribution in [0.5, 0.6) is 0 Å². The standard InChI is InChI=1S/C11H9ClFNO2/c12-11-6(4-5-9(15)16)10-7(13)2-1-3-8(10)14-11/h1-3,14H,4-5H2,(H,15,16). The van der Waals surface area contributed by atoms with Crippen molar-refractivity contribution in [3.8, 4) is 0 Å². The topological polar surface area (TPSA) is 53.1 Å². The average molecular weight is 242 g/mol. The molecule has 0 saturated carbocycles. The number of H-pyrrole nitrogens is 1. The first-order valence-corrected chi connectivity index (χ1v) is 5.13. The number of rotatable bonds is 3. The van der Waals surface area contributed by atoms with E-state index in [0.29, 0.717) is 21.6 Å². The summed E-state index contributed by atoms with van der Waals surface area (Å²) in [5.41, 5.74) is 1.11. The third kappa shape index (κ3) is 1.88. The molecular weight excluding hydrogens is 233 g/mol. The fourth-order valence-electron chi connectivity index (χ4n) is 1.71. The predicted octanol–water partition coefficient (Wildman–Crippen LogP) is 2.98. The van der Waals surface area contributed by atoms with Gasteiger partial charge in [-0.3, -0.25) is 4.79 Å². The Labute approximate surface area is 95.8 Å². The summed E-state index contributed by atoms with van der Waals surface area (Å²) in [5.74, 6) is -1.32. The number of aryl methyl sites for hydroxylation is 1. The van der Waals surface area contributed by atoms with E-state index in [1.165, 1.54) is 6.07 Å². The fourth-order valence-corrected chi connectivity index (χ4v) is 2.00. The van der Waals surface area contributed by atoms with Crippen LogP contribution in [0.4, 0.5) is 4.39 Å². The maximum Gasteiger partial charge on any atom is 0.303 e. The highest BCUT2D eigenvalue weighted by atomic mass is 35.5. The first kappa shape index (κ1) is 11.0. The molecule has 16 heavy (non-hydrogen) atoms. The number of carboxylic acid groups (broad SMARTS) is 1. The molecular formula is C11H9ClFNO2. The highest BCUT2D eigenvalue weighted by Gasteiger charge is 2.14. The molecule has 0 unspecified atom stereocenters. The van der Waals surface area contributed by atoms with Gasteiger partial charge in [0.05, 0.1) is 0 Å². The van der Waals surface area contributed by atoms with E-state index in [1.807, 2.05) is 0 Å². The van der Waals surface area contributed by atoms with Gasteiger partial charge >= 0.3 is 5.97 Å². The van der Waals surface area contributed by atoms with E-state index in [0.717, 1.165) is 0 Å². The number of carboxylic acids is 1. The van der Waals surface area contributed by atoms with Crippen LogP contribution in [0.2, 0.25) is 5.15 Å². The van der Waals surface area contributed by atoms with Crippen molar-refractivity contribution in [2.75, 3.05) is 0 Å². The number of hydrogen-bond acceptors (Lipinski definition) is 1. The Kier molecular flexibility index (Phi) is 2.83. The number of aromatic nitrogens is 1. The van der Waals surface area contributed by atoms with Gasteiger partial charge in [0.25, 0.3) is 0 Å². The van der Waals surface area contributed by atoms with Gasteiger partial charge in [0.2, 0.25) is 0 Å². The minimum absolute atomic E-state index is 0.0684. The SMILES string of the molecule is O=C(O)CCc1c(Cl)[nH]c2cccc(F)c12. The van der Waals surface area contributed by atoms with Crippen molar-refractivity contribution in [2.24, 2.45) is 0 Å². The van der Waals surface area contributed by atoms with Crippen molar-refractivity contribution >= 4 is 28.5 Å². The van der Waals surface area contributed by atoms with E-state index >= 15 is 0 Å². The number of carbonyl (C=O) groups is 1. The minimum Gasteiger partial charge on any atom is -0.481 e. The molecule has 84 valence electrons. The molecule has 0 aliphatic rings. The third-order valence-electron chi connectivity index (χ3n) is 2.41. The molecule has 0 radical (unpaired) electrons. The lowest BCUT2D eigenvalue weighted by Gasteiger charge is -1.98. The lowest BCUT2D eigenvalue weighted by molar-refractivity contribution is -0.136. The lowest BCUT2D eigenvalue weighted by Crippen LogP contribution is -1.97. The quantitative estimate of drug-likeness (QED) is 0.868. The first-order valence-electron chi connectivity index (χ1n) is 4.76. The van der Waals surface area contributed by atoms with Crippen LogP contribution in [-0.4, -0.2) is 16.1 Å². The third-order valence-corrected chi connectivity index (χ3v) is 2.74. The predicted molar refractivity (Wildman–Crippen MR) is 59.2 cm³/mol. The summed E-state index contributed by atoms with van der Waals surface area (Å²) in [7, 11) is 0. The zero-order chi connectivity index (χ0) is 11.7. The van der Waals surface area contributed by atoms with E-state index in [9.17, 15) is 9.18 Å². The number of fused-ring (bicyclic) bond motifs is 1. The number of halogens is 2. The van der Waals surface area contributed by atoms with Gasteiger partial charge in [0.1, 0.15) is 11.0 Å². The molecule has 2 N–H and O–H groups in total. The van der Waals surface area contributed by atoms with Gasteiger partial charge in [-0.05, 0) is 18.6 Å². The smallest absolute Gasteiger partial charge is 0.303 e. The second-order valence-corrected chi connectivity index (χ2v) is 3.85. The van der Waals surface area contributed by atoms with E-state index in [1.54, 1.807) is 12.1 Å². The van der Waals surface area contributed by atoms with Crippen molar-refractivity contribution in [3.05, 3.63) is 34.7 Å². The number of aliphatic carboxylic acids is 1. The molecule has 0 bridgehead atoms. The van der Waals surface area contributed by atoms with Gasteiger partial charge in [0, 0.05) is 22.9 Å². The Morgan fingerprint density at radius 3 is 2.94 bits per heavy atom. The first-order chi connectivity index (χ1) is 7.59.